The van der Waals surface area contributed by atoms with E-state index in [1.54, 1.807) is 6.20 Å². The molecule has 78 valence electrons. The molecule has 14 heavy (non-hydrogen) atoms. The molecule has 1 saturated heterocycles. The molecule has 4 nitrogen and oxygen atoms in total. The smallest absolute Gasteiger partial charge is 0.157 e. The molecule has 4 heteroatoms. The van der Waals surface area contributed by atoms with Crippen molar-refractivity contribution in [3.63, 3.8) is 0 Å². The molecule has 1 unspecified atom stereocenters. The van der Waals surface area contributed by atoms with Gasteiger partial charge in [0.15, 0.2) is 5.75 Å². The summed E-state index contributed by atoms with van der Waals surface area (Å²) >= 11 is 0. The number of hydrogen-bond donors (Lipinski definition) is 1. The lowest BCUT2D eigenvalue weighted by molar-refractivity contribution is 0.331. The van der Waals surface area contributed by atoms with Gasteiger partial charge in [-0.3, -0.25) is 4.68 Å². The first kappa shape index (κ1) is 9.52. The molecule has 1 aromatic rings. The number of ether oxygens (including phenoxy) is 1. The maximum absolute atomic E-state index is 5.37. The van der Waals surface area contributed by atoms with E-state index in [-0.39, 0.29) is 0 Å². The molecule has 1 aliphatic rings. The minimum atomic E-state index is 0.498. The molecule has 2 rings (SSSR count). The summed E-state index contributed by atoms with van der Waals surface area (Å²) in [5.41, 5.74) is 0. The SMILES string of the molecule is CCOc1cnn(C2CCCNC2)c1. The van der Waals surface area contributed by atoms with E-state index in [0.29, 0.717) is 12.6 Å². The van der Waals surface area contributed by atoms with E-state index >= 15 is 0 Å². The first-order valence-electron chi connectivity index (χ1n) is 5.28. The van der Waals surface area contributed by atoms with Crippen LogP contribution < -0.4 is 10.1 Å². The Morgan fingerprint density at radius 2 is 2.64 bits per heavy atom. The highest BCUT2D eigenvalue weighted by atomic mass is 16.5. The highest BCUT2D eigenvalue weighted by Crippen LogP contribution is 2.18. The van der Waals surface area contributed by atoms with Crippen LogP contribution in [0.3, 0.4) is 0 Å². The summed E-state index contributed by atoms with van der Waals surface area (Å²) in [6, 6.07) is 0.498. The van der Waals surface area contributed by atoms with Crippen LogP contribution in [-0.4, -0.2) is 29.5 Å². The van der Waals surface area contributed by atoms with E-state index in [1.807, 2.05) is 17.8 Å². The van der Waals surface area contributed by atoms with E-state index < -0.39 is 0 Å². The average Bonchev–Trinajstić information content (AvgIpc) is 2.68. The standard InChI is InChI=1S/C10H17N3O/c1-2-14-10-7-12-13(8-10)9-4-3-5-11-6-9/h7-9,11H,2-6H2,1H3. The van der Waals surface area contributed by atoms with Crippen molar-refractivity contribution >= 4 is 0 Å². The molecule has 1 fully saturated rings. The summed E-state index contributed by atoms with van der Waals surface area (Å²) in [4.78, 5) is 0. The van der Waals surface area contributed by atoms with Gasteiger partial charge in [0, 0.05) is 6.54 Å². The number of nitrogens with zero attached hydrogens (tertiary/aromatic N) is 2. The Balaban J connectivity index is 2.00. The maximum atomic E-state index is 5.37. The van der Waals surface area contributed by atoms with Crippen LogP contribution in [0.1, 0.15) is 25.8 Å². The van der Waals surface area contributed by atoms with Crippen LogP contribution in [-0.2, 0) is 0 Å². The molecule has 0 spiro atoms. The van der Waals surface area contributed by atoms with E-state index in [1.165, 1.54) is 12.8 Å². The number of aromatic nitrogens is 2. The zero-order valence-electron chi connectivity index (χ0n) is 8.57. The van der Waals surface area contributed by atoms with Crippen LogP contribution >= 0.6 is 0 Å². The first-order chi connectivity index (χ1) is 6.90. The largest absolute Gasteiger partial charge is 0.491 e. The molecule has 0 aliphatic carbocycles. The quantitative estimate of drug-likeness (QED) is 0.788. The van der Waals surface area contributed by atoms with Gasteiger partial charge in [0.2, 0.25) is 0 Å². The molecule has 1 atom stereocenters. The Morgan fingerprint density at radius 3 is 3.36 bits per heavy atom. The van der Waals surface area contributed by atoms with Gasteiger partial charge in [-0.25, -0.2) is 0 Å². The minimum absolute atomic E-state index is 0.498. The van der Waals surface area contributed by atoms with Crippen LogP contribution in [0.4, 0.5) is 0 Å². The molecule has 0 radical (unpaired) electrons. The van der Waals surface area contributed by atoms with Crippen LogP contribution in [0, 0.1) is 0 Å². The highest BCUT2D eigenvalue weighted by molar-refractivity contribution is 5.12. The predicted molar refractivity (Wildman–Crippen MR) is 54.5 cm³/mol. The molecule has 1 aliphatic heterocycles. The lowest BCUT2D eigenvalue weighted by atomic mass is 10.1. The summed E-state index contributed by atoms with van der Waals surface area (Å²) in [7, 11) is 0. The van der Waals surface area contributed by atoms with Crippen LogP contribution in [0.5, 0.6) is 5.75 Å². The third-order valence-corrected chi connectivity index (χ3v) is 2.53. The topological polar surface area (TPSA) is 39.1 Å². The molecule has 2 heterocycles. The number of hydrogen-bond acceptors (Lipinski definition) is 3. The van der Waals surface area contributed by atoms with Gasteiger partial charge in [0.25, 0.3) is 0 Å². The average molecular weight is 195 g/mol. The van der Waals surface area contributed by atoms with Crippen molar-refractivity contribution < 1.29 is 4.74 Å². The second-order valence-electron chi connectivity index (χ2n) is 3.59. The van der Waals surface area contributed by atoms with Gasteiger partial charge in [-0.2, -0.15) is 5.10 Å². The van der Waals surface area contributed by atoms with Gasteiger partial charge in [0.1, 0.15) is 0 Å². The van der Waals surface area contributed by atoms with Crippen molar-refractivity contribution in [1.82, 2.24) is 15.1 Å². The monoisotopic (exact) mass is 195 g/mol. The maximum Gasteiger partial charge on any atom is 0.157 e. The Hall–Kier alpha value is -1.03. The highest BCUT2D eigenvalue weighted by Gasteiger charge is 2.15. The third-order valence-electron chi connectivity index (χ3n) is 2.53. The summed E-state index contributed by atoms with van der Waals surface area (Å²) in [6.07, 6.45) is 6.22. The molecule has 0 saturated carbocycles. The Morgan fingerprint density at radius 1 is 1.71 bits per heavy atom. The minimum Gasteiger partial charge on any atom is -0.491 e. The van der Waals surface area contributed by atoms with Crippen LogP contribution in [0.15, 0.2) is 12.4 Å². The van der Waals surface area contributed by atoms with Crippen molar-refractivity contribution in [2.75, 3.05) is 19.7 Å². The van der Waals surface area contributed by atoms with Crippen molar-refractivity contribution in [3.05, 3.63) is 12.4 Å². The summed E-state index contributed by atoms with van der Waals surface area (Å²) in [6.45, 7) is 4.84. The van der Waals surface area contributed by atoms with E-state index in [2.05, 4.69) is 10.4 Å². The zero-order valence-corrected chi connectivity index (χ0v) is 8.57. The van der Waals surface area contributed by atoms with Gasteiger partial charge < -0.3 is 10.1 Å². The van der Waals surface area contributed by atoms with Crippen molar-refractivity contribution in [3.8, 4) is 5.75 Å². The van der Waals surface area contributed by atoms with Gasteiger partial charge in [-0.15, -0.1) is 0 Å². The first-order valence-corrected chi connectivity index (χ1v) is 5.28. The Bertz CT molecular complexity index is 279. The second-order valence-corrected chi connectivity index (χ2v) is 3.59. The number of piperidine rings is 1. The normalized spacial score (nSPS) is 22.2. The predicted octanol–water partition coefficient (Wildman–Crippen LogP) is 1.21. The van der Waals surface area contributed by atoms with E-state index in [4.69, 9.17) is 4.74 Å². The summed E-state index contributed by atoms with van der Waals surface area (Å²) in [5.74, 6) is 0.873. The van der Waals surface area contributed by atoms with Crippen molar-refractivity contribution in [1.29, 1.82) is 0 Å². The molecular weight excluding hydrogens is 178 g/mol. The summed E-state index contributed by atoms with van der Waals surface area (Å²) < 4.78 is 7.38. The lowest BCUT2D eigenvalue weighted by Crippen LogP contribution is -2.31. The van der Waals surface area contributed by atoms with Gasteiger partial charge in [-0.05, 0) is 26.3 Å². The third kappa shape index (κ3) is 2.07. The lowest BCUT2D eigenvalue weighted by Gasteiger charge is -2.22. The molecular formula is C10H17N3O. The fraction of sp³-hybridized carbons (Fsp3) is 0.700. The molecule has 0 bridgehead atoms. The Kier molecular flexibility index (Phi) is 3.03. The Labute approximate surface area is 84.3 Å². The van der Waals surface area contributed by atoms with E-state index in [9.17, 15) is 0 Å². The molecule has 1 N–H and O–H groups in total. The van der Waals surface area contributed by atoms with Gasteiger partial charge in [0.05, 0.1) is 25.0 Å². The van der Waals surface area contributed by atoms with Gasteiger partial charge in [-0.1, -0.05) is 0 Å². The van der Waals surface area contributed by atoms with Crippen LogP contribution in [0.25, 0.3) is 0 Å². The summed E-state index contributed by atoms with van der Waals surface area (Å²) in [5, 5.41) is 7.68. The second kappa shape index (κ2) is 4.46. The fourth-order valence-corrected chi connectivity index (χ4v) is 1.82. The van der Waals surface area contributed by atoms with E-state index in [0.717, 1.165) is 18.8 Å². The zero-order chi connectivity index (χ0) is 9.80. The van der Waals surface area contributed by atoms with Gasteiger partial charge >= 0.3 is 0 Å². The number of rotatable bonds is 3. The molecule has 0 aromatic carbocycles. The van der Waals surface area contributed by atoms with Crippen molar-refractivity contribution in [2.24, 2.45) is 0 Å². The molecule has 1 aromatic heterocycles. The molecule has 0 amide bonds. The number of nitrogens with one attached hydrogen (secondary N) is 1. The van der Waals surface area contributed by atoms with Crippen LogP contribution in [0.2, 0.25) is 0 Å². The fourth-order valence-electron chi connectivity index (χ4n) is 1.82. The van der Waals surface area contributed by atoms with Crippen molar-refractivity contribution in [2.45, 2.75) is 25.8 Å².